The van der Waals surface area contributed by atoms with E-state index >= 15 is 0 Å². The highest BCUT2D eigenvalue weighted by Crippen LogP contribution is 2.40. The molecule has 1 N–H and O–H groups in total. The fourth-order valence-corrected chi connectivity index (χ4v) is 6.35. The summed E-state index contributed by atoms with van der Waals surface area (Å²) in [5.41, 5.74) is 0. The van der Waals surface area contributed by atoms with E-state index in [2.05, 4.69) is 19.2 Å². The van der Waals surface area contributed by atoms with Gasteiger partial charge in [0.25, 0.3) is 0 Å². The summed E-state index contributed by atoms with van der Waals surface area (Å²) in [6.07, 6.45) is 20.9. The lowest BCUT2D eigenvalue weighted by Gasteiger charge is -2.42. The highest BCUT2D eigenvalue weighted by atomic mass is 14.9. The molecule has 1 saturated heterocycles. The average Bonchev–Trinajstić information content (AvgIpc) is 2.64. The molecule has 0 aromatic heterocycles. The maximum atomic E-state index is 4.02. The first-order chi connectivity index (χ1) is 11.8. The van der Waals surface area contributed by atoms with E-state index in [0.717, 1.165) is 35.6 Å². The van der Waals surface area contributed by atoms with Crippen LogP contribution in [0.3, 0.4) is 0 Å². The molecule has 1 heterocycles. The van der Waals surface area contributed by atoms with Gasteiger partial charge in [0.2, 0.25) is 0 Å². The number of nitrogens with one attached hydrogen (secondary N) is 1. The average molecular weight is 334 g/mol. The number of piperidine rings is 1. The topological polar surface area (TPSA) is 12.0 Å². The van der Waals surface area contributed by atoms with Crippen molar-refractivity contribution in [2.45, 2.75) is 110 Å². The molecular weight excluding hydrogens is 290 g/mol. The molecule has 2 atom stereocenters. The van der Waals surface area contributed by atoms with Crippen LogP contribution in [0.15, 0.2) is 0 Å². The van der Waals surface area contributed by atoms with Crippen molar-refractivity contribution in [1.82, 2.24) is 5.32 Å². The minimum atomic E-state index is 0.861. The van der Waals surface area contributed by atoms with Crippen molar-refractivity contribution in [1.29, 1.82) is 0 Å². The van der Waals surface area contributed by atoms with Crippen LogP contribution in [0.1, 0.15) is 104 Å². The maximum absolute atomic E-state index is 4.02. The summed E-state index contributed by atoms with van der Waals surface area (Å²) >= 11 is 0. The van der Waals surface area contributed by atoms with Gasteiger partial charge in [0.1, 0.15) is 0 Å². The third-order valence-electron chi connectivity index (χ3n) is 7.90. The van der Waals surface area contributed by atoms with Crippen LogP contribution in [0.5, 0.6) is 0 Å². The predicted octanol–water partition coefficient (Wildman–Crippen LogP) is 6.57. The summed E-state index contributed by atoms with van der Waals surface area (Å²) in [6.45, 7) is 6.04. The van der Waals surface area contributed by atoms with E-state index in [9.17, 15) is 0 Å². The van der Waals surface area contributed by atoms with Crippen LogP contribution >= 0.6 is 0 Å². The Morgan fingerprint density at radius 3 is 1.54 bits per heavy atom. The number of rotatable bonds is 6. The van der Waals surface area contributed by atoms with Crippen LogP contribution in [0.2, 0.25) is 0 Å². The summed E-state index contributed by atoms with van der Waals surface area (Å²) in [5, 5.41) is 4.02. The summed E-state index contributed by atoms with van der Waals surface area (Å²) in [5.74, 6) is 5.17. The van der Waals surface area contributed by atoms with Crippen molar-refractivity contribution in [2.24, 2.45) is 29.6 Å². The monoisotopic (exact) mass is 333 g/mol. The number of hydrogen-bond donors (Lipinski definition) is 1. The lowest BCUT2D eigenvalue weighted by atomic mass is 9.70. The minimum Gasteiger partial charge on any atom is -0.313 e. The fourth-order valence-electron chi connectivity index (χ4n) is 6.35. The summed E-state index contributed by atoms with van der Waals surface area (Å²) in [7, 11) is 0. The lowest BCUT2D eigenvalue weighted by Crippen LogP contribution is -2.46. The molecule has 3 rings (SSSR count). The molecule has 2 saturated carbocycles. The maximum Gasteiger partial charge on any atom is 0.00955 e. The molecule has 2 aliphatic carbocycles. The molecule has 140 valence electrons. The zero-order valence-corrected chi connectivity index (χ0v) is 16.6. The van der Waals surface area contributed by atoms with E-state index in [0.29, 0.717) is 0 Å². The quantitative estimate of drug-likeness (QED) is 0.580. The van der Waals surface area contributed by atoms with Gasteiger partial charge in [-0.2, -0.15) is 0 Å². The van der Waals surface area contributed by atoms with Crippen molar-refractivity contribution >= 4 is 0 Å². The van der Waals surface area contributed by atoms with Crippen molar-refractivity contribution in [3.05, 3.63) is 0 Å². The predicted molar refractivity (Wildman–Crippen MR) is 105 cm³/mol. The Morgan fingerprint density at radius 1 is 0.583 bits per heavy atom. The van der Waals surface area contributed by atoms with Gasteiger partial charge in [-0.1, -0.05) is 65.2 Å². The van der Waals surface area contributed by atoms with Gasteiger partial charge in [0, 0.05) is 6.04 Å². The third kappa shape index (κ3) is 4.99. The molecule has 24 heavy (non-hydrogen) atoms. The molecule has 3 fully saturated rings. The fraction of sp³-hybridized carbons (Fsp3) is 1.00. The smallest absolute Gasteiger partial charge is 0.00955 e. The van der Waals surface area contributed by atoms with Gasteiger partial charge in [-0.3, -0.25) is 0 Å². The Morgan fingerprint density at radius 2 is 1.08 bits per heavy atom. The van der Waals surface area contributed by atoms with Gasteiger partial charge in [-0.05, 0) is 74.7 Å². The van der Waals surface area contributed by atoms with Crippen LogP contribution in [-0.4, -0.2) is 12.6 Å². The van der Waals surface area contributed by atoms with Gasteiger partial charge >= 0.3 is 0 Å². The third-order valence-corrected chi connectivity index (χ3v) is 7.90. The molecule has 2 unspecified atom stereocenters. The van der Waals surface area contributed by atoms with Gasteiger partial charge in [0.15, 0.2) is 0 Å². The van der Waals surface area contributed by atoms with Gasteiger partial charge in [-0.25, -0.2) is 0 Å². The first kappa shape index (κ1) is 18.7. The van der Waals surface area contributed by atoms with Gasteiger partial charge in [0.05, 0.1) is 0 Å². The zero-order valence-electron chi connectivity index (χ0n) is 16.6. The molecule has 0 radical (unpaired) electrons. The normalized spacial score (nSPS) is 41.2. The largest absolute Gasteiger partial charge is 0.313 e. The zero-order chi connectivity index (χ0) is 16.8. The highest BCUT2D eigenvalue weighted by Gasteiger charge is 2.34. The Kier molecular flexibility index (Phi) is 7.50. The summed E-state index contributed by atoms with van der Waals surface area (Å²) < 4.78 is 0. The van der Waals surface area contributed by atoms with Crippen molar-refractivity contribution in [3.63, 3.8) is 0 Å². The minimum absolute atomic E-state index is 0.861. The Hall–Kier alpha value is -0.0400. The van der Waals surface area contributed by atoms with E-state index in [1.807, 2.05) is 0 Å². The second-order valence-electron chi connectivity index (χ2n) is 9.49. The van der Waals surface area contributed by atoms with Crippen molar-refractivity contribution in [2.75, 3.05) is 6.54 Å². The van der Waals surface area contributed by atoms with E-state index in [4.69, 9.17) is 0 Å². The second-order valence-corrected chi connectivity index (χ2v) is 9.49. The SMILES string of the molecule is CCCC1CCC(C2CCC(C3CCC(CCC)CC3)NC2)CC1. The molecule has 0 aromatic carbocycles. The van der Waals surface area contributed by atoms with Crippen LogP contribution in [-0.2, 0) is 0 Å². The van der Waals surface area contributed by atoms with E-state index in [1.165, 1.54) is 96.4 Å². The molecule has 0 bridgehead atoms. The molecule has 1 nitrogen and oxygen atoms in total. The first-order valence-electron chi connectivity index (χ1n) is 11.5. The molecule has 3 aliphatic rings. The standard InChI is InChI=1S/C23H43N/c1-3-5-18-7-11-20(12-8-18)22-15-16-23(24-17-22)21-13-9-19(6-4-2)10-14-21/h18-24H,3-17H2,1-2H3. The molecule has 1 heteroatoms. The van der Waals surface area contributed by atoms with Crippen LogP contribution < -0.4 is 5.32 Å². The highest BCUT2D eigenvalue weighted by molar-refractivity contribution is 4.89. The summed E-state index contributed by atoms with van der Waals surface area (Å²) in [4.78, 5) is 0. The van der Waals surface area contributed by atoms with E-state index < -0.39 is 0 Å². The molecule has 0 aromatic rings. The molecular formula is C23H43N. The van der Waals surface area contributed by atoms with Crippen LogP contribution in [0.25, 0.3) is 0 Å². The van der Waals surface area contributed by atoms with Gasteiger partial charge in [-0.15, -0.1) is 0 Å². The molecule has 1 aliphatic heterocycles. The van der Waals surface area contributed by atoms with E-state index in [-0.39, 0.29) is 0 Å². The van der Waals surface area contributed by atoms with E-state index in [1.54, 1.807) is 0 Å². The Labute approximate surface area is 151 Å². The van der Waals surface area contributed by atoms with Gasteiger partial charge < -0.3 is 5.32 Å². The lowest BCUT2D eigenvalue weighted by molar-refractivity contribution is 0.127. The van der Waals surface area contributed by atoms with Crippen LogP contribution in [0.4, 0.5) is 0 Å². The Balaban J connectivity index is 1.36. The van der Waals surface area contributed by atoms with Crippen LogP contribution in [0, 0.1) is 29.6 Å². The second kappa shape index (κ2) is 9.60. The Bertz CT molecular complexity index is 294. The molecule has 0 amide bonds. The summed E-state index contributed by atoms with van der Waals surface area (Å²) in [6, 6.07) is 0.861. The molecule has 0 spiro atoms. The van der Waals surface area contributed by atoms with Crippen molar-refractivity contribution < 1.29 is 0 Å². The van der Waals surface area contributed by atoms with Crippen molar-refractivity contribution in [3.8, 4) is 0 Å². The first-order valence-corrected chi connectivity index (χ1v) is 11.5. The number of hydrogen-bond acceptors (Lipinski definition) is 1.